The molecule has 1 unspecified atom stereocenters. The number of carbonyl (C=O) groups excluding carboxylic acids is 2. The van der Waals surface area contributed by atoms with Crippen molar-refractivity contribution in [3.8, 4) is 12.3 Å². The van der Waals surface area contributed by atoms with Crippen LogP contribution in [0.15, 0.2) is 0 Å². The highest BCUT2D eigenvalue weighted by molar-refractivity contribution is 5.81. The molecule has 5 heteroatoms. The molecule has 0 heterocycles. The van der Waals surface area contributed by atoms with E-state index in [0.717, 1.165) is 19.3 Å². The lowest BCUT2D eigenvalue weighted by molar-refractivity contribution is -0.146. The van der Waals surface area contributed by atoms with Crippen LogP contribution in [0.25, 0.3) is 0 Å². The van der Waals surface area contributed by atoms with E-state index in [2.05, 4.69) is 18.2 Å². The first-order valence-corrected chi connectivity index (χ1v) is 11.2. The Morgan fingerprint density at radius 1 is 0.821 bits per heavy atom. The van der Waals surface area contributed by atoms with Gasteiger partial charge in [0.15, 0.2) is 6.61 Å². The monoisotopic (exact) mass is 395 g/mol. The normalized spacial score (nSPS) is 11.5. The second-order valence-corrected chi connectivity index (χ2v) is 7.32. The van der Waals surface area contributed by atoms with Crippen LogP contribution in [0, 0.1) is 12.3 Å². The fourth-order valence-electron chi connectivity index (χ4n) is 3.05. The first kappa shape index (κ1) is 26.3. The van der Waals surface area contributed by atoms with Crippen molar-refractivity contribution in [1.29, 1.82) is 0 Å². The molecule has 0 aliphatic rings. The molecule has 28 heavy (non-hydrogen) atoms. The standard InChI is InChI=1S/C23H41NO4/c1-4-7-8-9-10-11-12-13-14-15-16-17-20-27-22(25)21(18-5-2)24-23(26)28-19-6-3/h3,21H,4-5,7-20H2,1-2H3,(H,24,26). The average Bonchev–Trinajstić information content (AvgIpc) is 2.69. The van der Waals surface area contributed by atoms with Crippen molar-refractivity contribution in [3.05, 3.63) is 0 Å². The van der Waals surface area contributed by atoms with Gasteiger partial charge in [-0.15, -0.1) is 6.42 Å². The Bertz CT molecular complexity index is 431. The Morgan fingerprint density at radius 2 is 1.36 bits per heavy atom. The van der Waals surface area contributed by atoms with E-state index in [0.29, 0.717) is 13.0 Å². The van der Waals surface area contributed by atoms with E-state index in [1.165, 1.54) is 64.2 Å². The molecule has 0 aromatic carbocycles. The molecule has 0 rings (SSSR count). The molecule has 0 aromatic rings. The fourth-order valence-corrected chi connectivity index (χ4v) is 3.05. The number of hydrogen-bond acceptors (Lipinski definition) is 4. The van der Waals surface area contributed by atoms with E-state index >= 15 is 0 Å². The molecule has 0 radical (unpaired) electrons. The molecule has 0 spiro atoms. The summed E-state index contributed by atoms with van der Waals surface area (Å²) in [7, 11) is 0. The number of esters is 1. The molecule has 1 N–H and O–H groups in total. The van der Waals surface area contributed by atoms with Crippen LogP contribution in [-0.4, -0.2) is 31.3 Å². The van der Waals surface area contributed by atoms with Gasteiger partial charge in [-0.05, 0) is 12.8 Å². The van der Waals surface area contributed by atoms with Gasteiger partial charge < -0.3 is 14.8 Å². The maximum absolute atomic E-state index is 12.1. The van der Waals surface area contributed by atoms with Gasteiger partial charge in [0.05, 0.1) is 6.61 Å². The van der Waals surface area contributed by atoms with E-state index in [4.69, 9.17) is 15.9 Å². The van der Waals surface area contributed by atoms with Gasteiger partial charge in [-0.2, -0.15) is 0 Å². The SMILES string of the molecule is C#CCOC(=O)NC(CCC)C(=O)OCCCCCCCCCCCCCC. The number of carbonyl (C=O) groups is 2. The maximum atomic E-state index is 12.1. The van der Waals surface area contributed by atoms with Crippen LogP contribution in [-0.2, 0) is 14.3 Å². The van der Waals surface area contributed by atoms with Gasteiger partial charge in [0.25, 0.3) is 0 Å². The van der Waals surface area contributed by atoms with Crippen molar-refractivity contribution in [2.45, 2.75) is 110 Å². The summed E-state index contributed by atoms with van der Waals surface area (Å²) in [6.07, 6.45) is 20.8. The topological polar surface area (TPSA) is 64.6 Å². The van der Waals surface area contributed by atoms with Crippen molar-refractivity contribution in [2.24, 2.45) is 0 Å². The van der Waals surface area contributed by atoms with Crippen LogP contribution in [0.1, 0.15) is 104 Å². The summed E-state index contributed by atoms with van der Waals surface area (Å²) in [5.41, 5.74) is 0. The van der Waals surface area contributed by atoms with Crippen molar-refractivity contribution in [3.63, 3.8) is 0 Å². The van der Waals surface area contributed by atoms with Gasteiger partial charge in [-0.3, -0.25) is 0 Å². The number of ether oxygens (including phenoxy) is 2. The largest absolute Gasteiger partial charge is 0.464 e. The Labute approximate surface area is 172 Å². The second-order valence-electron chi connectivity index (χ2n) is 7.32. The van der Waals surface area contributed by atoms with Gasteiger partial charge in [0.1, 0.15) is 6.04 Å². The van der Waals surface area contributed by atoms with Gasteiger partial charge in [-0.1, -0.05) is 96.8 Å². The first-order chi connectivity index (χ1) is 13.7. The summed E-state index contributed by atoms with van der Waals surface area (Å²) < 4.78 is 10.1. The van der Waals surface area contributed by atoms with E-state index < -0.39 is 18.1 Å². The lowest BCUT2D eigenvalue weighted by atomic mass is 10.1. The van der Waals surface area contributed by atoms with Crippen LogP contribution in [0.5, 0.6) is 0 Å². The molecule has 0 aromatic heterocycles. The maximum Gasteiger partial charge on any atom is 0.408 e. The third kappa shape index (κ3) is 16.5. The van der Waals surface area contributed by atoms with E-state index in [9.17, 15) is 9.59 Å². The summed E-state index contributed by atoms with van der Waals surface area (Å²) in [6, 6.07) is -0.674. The van der Waals surface area contributed by atoms with Crippen LogP contribution in [0.3, 0.4) is 0 Å². The molecule has 0 saturated heterocycles. The number of terminal acetylenes is 1. The molecule has 0 bridgehead atoms. The van der Waals surface area contributed by atoms with Crippen molar-refractivity contribution >= 4 is 12.1 Å². The van der Waals surface area contributed by atoms with Crippen LogP contribution in [0.4, 0.5) is 4.79 Å². The lowest BCUT2D eigenvalue weighted by Gasteiger charge is -2.16. The lowest BCUT2D eigenvalue weighted by Crippen LogP contribution is -2.42. The fraction of sp³-hybridized carbons (Fsp3) is 0.826. The molecule has 1 atom stereocenters. The Morgan fingerprint density at radius 3 is 1.86 bits per heavy atom. The number of alkyl carbamates (subject to hydrolysis) is 1. The minimum Gasteiger partial charge on any atom is -0.464 e. The smallest absolute Gasteiger partial charge is 0.408 e. The molecule has 0 fully saturated rings. The van der Waals surface area contributed by atoms with Crippen molar-refractivity contribution < 1.29 is 19.1 Å². The van der Waals surface area contributed by atoms with Crippen molar-refractivity contribution in [1.82, 2.24) is 5.32 Å². The molecule has 0 aliphatic carbocycles. The third-order valence-electron chi connectivity index (χ3n) is 4.68. The Hall–Kier alpha value is -1.70. The molecule has 5 nitrogen and oxygen atoms in total. The third-order valence-corrected chi connectivity index (χ3v) is 4.68. The number of unbranched alkanes of at least 4 members (excludes halogenated alkanes) is 11. The van der Waals surface area contributed by atoms with E-state index in [1.807, 2.05) is 6.92 Å². The number of nitrogens with one attached hydrogen (secondary N) is 1. The zero-order valence-corrected chi connectivity index (χ0v) is 18.1. The Balaban J connectivity index is 3.64. The first-order valence-electron chi connectivity index (χ1n) is 11.2. The van der Waals surface area contributed by atoms with E-state index in [1.54, 1.807) is 0 Å². The molecular weight excluding hydrogens is 354 g/mol. The molecular formula is C23H41NO4. The zero-order valence-electron chi connectivity index (χ0n) is 18.1. The van der Waals surface area contributed by atoms with Crippen LogP contribution >= 0.6 is 0 Å². The number of hydrogen-bond donors (Lipinski definition) is 1. The summed E-state index contributed by atoms with van der Waals surface area (Å²) >= 11 is 0. The number of rotatable bonds is 18. The van der Waals surface area contributed by atoms with Crippen LogP contribution < -0.4 is 5.32 Å². The second kappa shape index (κ2) is 20.0. The van der Waals surface area contributed by atoms with E-state index in [-0.39, 0.29) is 6.61 Å². The summed E-state index contributed by atoms with van der Waals surface area (Å²) in [5, 5.41) is 2.52. The molecule has 0 aliphatic heterocycles. The highest BCUT2D eigenvalue weighted by Crippen LogP contribution is 2.12. The summed E-state index contributed by atoms with van der Waals surface area (Å²) in [4.78, 5) is 23.7. The molecule has 1 amide bonds. The van der Waals surface area contributed by atoms with Crippen molar-refractivity contribution in [2.75, 3.05) is 13.2 Å². The average molecular weight is 396 g/mol. The highest BCUT2D eigenvalue weighted by Gasteiger charge is 2.21. The predicted molar refractivity (Wildman–Crippen MR) is 114 cm³/mol. The zero-order chi connectivity index (χ0) is 20.9. The summed E-state index contributed by atoms with van der Waals surface area (Å²) in [5.74, 6) is 1.81. The molecule has 162 valence electrons. The van der Waals surface area contributed by atoms with Crippen LogP contribution in [0.2, 0.25) is 0 Å². The van der Waals surface area contributed by atoms with Gasteiger partial charge in [0, 0.05) is 0 Å². The number of amides is 1. The molecule has 0 saturated carbocycles. The summed E-state index contributed by atoms with van der Waals surface area (Å²) in [6.45, 7) is 4.48. The van der Waals surface area contributed by atoms with Gasteiger partial charge >= 0.3 is 12.1 Å². The minimum atomic E-state index is -0.682. The Kier molecular flexibility index (Phi) is 18.8. The quantitative estimate of drug-likeness (QED) is 0.182. The van der Waals surface area contributed by atoms with Gasteiger partial charge in [-0.25, -0.2) is 9.59 Å². The van der Waals surface area contributed by atoms with Gasteiger partial charge in [0.2, 0.25) is 0 Å². The predicted octanol–water partition coefficient (Wildman–Crippen LogP) is 5.76. The highest BCUT2D eigenvalue weighted by atomic mass is 16.6. The minimum absolute atomic E-state index is 0.113.